The summed E-state index contributed by atoms with van der Waals surface area (Å²) in [7, 11) is 0. The van der Waals surface area contributed by atoms with Crippen molar-refractivity contribution < 1.29 is 14.0 Å². The van der Waals surface area contributed by atoms with Crippen LogP contribution in [0, 0.1) is 0 Å². The average molecular weight is 421 g/mol. The van der Waals surface area contributed by atoms with Crippen molar-refractivity contribution in [3.63, 3.8) is 0 Å². The van der Waals surface area contributed by atoms with E-state index in [2.05, 4.69) is 10.6 Å². The van der Waals surface area contributed by atoms with Gasteiger partial charge in [-0.2, -0.15) is 0 Å². The molecule has 8 heteroatoms. The summed E-state index contributed by atoms with van der Waals surface area (Å²) >= 11 is 1.60. The first-order valence-corrected chi connectivity index (χ1v) is 10.2. The number of hydrogen-bond donors (Lipinski definition) is 2. The number of amides is 2. The minimum absolute atomic E-state index is 0.0635. The van der Waals surface area contributed by atoms with Gasteiger partial charge in [0.25, 0.3) is 0 Å². The lowest BCUT2D eigenvalue weighted by molar-refractivity contribution is -0.120. The highest BCUT2D eigenvalue weighted by Gasteiger charge is 2.12. The molecule has 0 aliphatic rings. The quantitative estimate of drug-likeness (QED) is 0.479. The fourth-order valence-corrected chi connectivity index (χ4v) is 3.71. The van der Waals surface area contributed by atoms with Gasteiger partial charge in [-0.15, -0.1) is 11.3 Å². The monoisotopic (exact) mass is 421 g/mol. The third-order valence-electron chi connectivity index (χ3n) is 4.52. The van der Waals surface area contributed by atoms with Gasteiger partial charge in [0.15, 0.2) is 5.58 Å². The molecule has 7 nitrogen and oxygen atoms in total. The zero-order chi connectivity index (χ0) is 20.9. The van der Waals surface area contributed by atoms with Gasteiger partial charge in [0, 0.05) is 10.6 Å². The lowest BCUT2D eigenvalue weighted by Gasteiger charge is -2.08. The molecule has 152 valence electrons. The Balaban J connectivity index is 1.32. The van der Waals surface area contributed by atoms with Crippen LogP contribution in [0.4, 0.5) is 5.69 Å². The Bertz CT molecular complexity index is 1220. The van der Waals surface area contributed by atoms with Gasteiger partial charge in [-0.25, -0.2) is 4.79 Å². The van der Waals surface area contributed by atoms with Crippen molar-refractivity contribution >= 4 is 39.9 Å². The second kappa shape index (κ2) is 8.79. The van der Waals surface area contributed by atoms with Crippen LogP contribution in [0.2, 0.25) is 0 Å². The molecule has 2 heterocycles. The number of thiophene rings is 1. The van der Waals surface area contributed by atoms with Crippen LogP contribution in [0.15, 0.2) is 75.3 Å². The highest BCUT2D eigenvalue weighted by Crippen LogP contribution is 2.14. The summed E-state index contributed by atoms with van der Waals surface area (Å²) in [5.74, 6) is -0.980. The van der Waals surface area contributed by atoms with Crippen LogP contribution in [-0.4, -0.2) is 16.4 Å². The molecule has 4 rings (SSSR count). The van der Waals surface area contributed by atoms with Crippen LogP contribution in [0.1, 0.15) is 10.4 Å². The molecule has 0 spiro atoms. The van der Waals surface area contributed by atoms with Crippen LogP contribution in [-0.2, 0) is 29.1 Å². The Labute approximate surface area is 176 Å². The standard InChI is InChI=1S/C22H19N3O4S/c26-20(23-13-17-4-3-11-30-17)12-15-7-9-16(10-8-15)24-21(27)14-25-18-5-1-2-6-19(18)29-22(25)28/h1-11H,12-14H2,(H,23,26)(H,24,27). The molecule has 0 unspecified atom stereocenters. The Morgan fingerprint density at radius 1 is 0.967 bits per heavy atom. The normalized spacial score (nSPS) is 10.8. The number of carbonyl (C=O) groups excluding carboxylic acids is 2. The topological polar surface area (TPSA) is 93.3 Å². The predicted molar refractivity (Wildman–Crippen MR) is 115 cm³/mol. The highest BCUT2D eigenvalue weighted by molar-refractivity contribution is 7.09. The van der Waals surface area contributed by atoms with E-state index >= 15 is 0 Å². The maximum Gasteiger partial charge on any atom is 0.420 e. The minimum Gasteiger partial charge on any atom is -0.408 e. The van der Waals surface area contributed by atoms with Crippen molar-refractivity contribution in [3.8, 4) is 0 Å². The number of anilines is 1. The molecule has 0 bridgehead atoms. The number of nitrogens with zero attached hydrogens (tertiary/aromatic N) is 1. The van der Waals surface area contributed by atoms with Gasteiger partial charge in [-0.1, -0.05) is 30.3 Å². The molecule has 0 saturated heterocycles. The number of carbonyl (C=O) groups is 2. The van der Waals surface area contributed by atoms with E-state index in [9.17, 15) is 14.4 Å². The molecule has 30 heavy (non-hydrogen) atoms. The van der Waals surface area contributed by atoms with E-state index < -0.39 is 5.76 Å². The van der Waals surface area contributed by atoms with Crippen LogP contribution in [0.25, 0.3) is 11.1 Å². The average Bonchev–Trinajstić information content (AvgIpc) is 3.36. The number of rotatable bonds is 7. The number of para-hydroxylation sites is 2. The molecule has 2 N–H and O–H groups in total. The van der Waals surface area contributed by atoms with E-state index in [-0.39, 0.29) is 24.8 Å². The highest BCUT2D eigenvalue weighted by atomic mass is 32.1. The van der Waals surface area contributed by atoms with Crippen molar-refractivity contribution in [2.24, 2.45) is 0 Å². The third kappa shape index (κ3) is 4.66. The third-order valence-corrected chi connectivity index (χ3v) is 5.39. The fraction of sp³-hybridized carbons (Fsp3) is 0.136. The maximum absolute atomic E-state index is 12.4. The lowest BCUT2D eigenvalue weighted by Crippen LogP contribution is -2.25. The first kappa shape index (κ1) is 19.7. The van der Waals surface area contributed by atoms with Gasteiger partial charge in [0.1, 0.15) is 6.54 Å². The number of hydrogen-bond acceptors (Lipinski definition) is 5. The van der Waals surface area contributed by atoms with E-state index in [1.165, 1.54) is 4.57 Å². The van der Waals surface area contributed by atoms with Crippen molar-refractivity contribution in [3.05, 3.63) is 87.0 Å². The van der Waals surface area contributed by atoms with Gasteiger partial charge in [0.05, 0.1) is 18.5 Å². The van der Waals surface area contributed by atoms with Gasteiger partial charge < -0.3 is 15.1 Å². The summed E-state index contributed by atoms with van der Waals surface area (Å²) in [5.41, 5.74) is 2.44. The molecule has 0 radical (unpaired) electrons. The molecule has 2 aromatic carbocycles. The molecule has 4 aromatic rings. The smallest absolute Gasteiger partial charge is 0.408 e. The second-order valence-corrected chi connectivity index (χ2v) is 7.73. The van der Waals surface area contributed by atoms with Crippen molar-refractivity contribution in [1.82, 2.24) is 9.88 Å². The van der Waals surface area contributed by atoms with E-state index in [4.69, 9.17) is 4.42 Å². The van der Waals surface area contributed by atoms with Gasteiger partial charge in [-0.3, -0.25) is 14.2 Å². The van der Waals surface area contributed by atoms with Gasteiger partial charge in [0.2, 0.25) is 11.8 Å². The zero-order valence-corrected chi connectivity index (χ0v) is 16.8. The largest absolute Gasteiger partial charge is 0.420 e. The van der Waals surface area contributed by atoms with Crippen LogP contribution in [0.3, 0.4) is 0 Å². The van der Waals surface area contributed by atoms with Crippen LogP contribution in [0.5, 0.6) is 0 Å². The second-order valence-electron chi connectivity index (χ2n) is 6.70. The lowest BCUT2D eigenvalue weighted by atomic mass is 10.1. The minimum atomic E-state index is -0.574. The Hall–Kier alpha value is -3.65. The summed E-state index contributed by atoms with van der Waals surface area (Å²) in [6.07, 6.45) is 0.260. The Kier molecular flexibility index (Phi) is 5.76. The van der Waals surface area contributed by atoms with Crippen molar-refractivity contribution in [2.45, 2.75) is 19.5 Å². The molecule has 2 aromatic heterocycles. The Morgan fingerprint density at radius 2 is 1.77 bits per heavy atom. The van der Waals surface area contributed by atoms with Crippen molar-refractivity contribution in [1.29, 1.82) is 0 Å². The number of aromatic nitrogens is 1. The number of oxazole rings is 1. The molecular weight excluding hydrogens is 402 g/mol. The van der Waals surface area contributed by atoms with E-state index in [0.29, 0.717) is 23.3 Å². The van der Waals surface area contributed by atoms with Crippen molar-refractivity contribution in [2.75, 3.05) is 5.32 Å². The molecule has 0 saturated carbocycles. The van der Waals surface area contributed by atoms with Crippen LogP contribution >= 0.6 is 11.3 Å². The Morgan fingerprint density at radius 3 is 2.53 bits per heavy atom. The SMILES string of the molecule is O=C(Cc1ccc(NC(=O)Cn2c(=O)oc3ccccc32)cc1)NCc1cccs1. The molecule has 0 aliphatic heterocycles. The van der Waals surface area contributed by atoms with Crippen LogP contribution < -0.4 is 16.4 Å². The van der Waals surface area contributed by atoms with E-state index in [1.54, 1.807) is 59.9 Å². The van der Waals surface area contributed by atoms with Gasteiger partial charge >= 0.3 is 5.76 Å². The first-order valence-electron chi connectivity index (χ1n) is 9.35. The first-order chi connectivity index (χ1) is 14.6. The summed E-state index contributed by atoms with van der Waals surface area (Å²) in [4.78, 5) is 37.5. The van der Waals surface area contributed by atoms with E-state index in [1.807, 2.05) is 17.5 Å². The maximum atomic E-state index is 12.4. The predicted octanol–water partition coefficient (Wildman–Crippen LogP) is 3.15. The number of benzene rings is 2. The molecule has 0 aliphatic carbocycles. The summed E-state index contributed by atoms with van der Waals surface area (Å²) in [6, 6.07) is 17.9. The molecule has 2 amide bonds. The van der Waals surface area contributed by atoms with Gasteiger partial charge in [-0.05, 0) is 41.3 Å². The molecule has 0 fully saturated rings. The summed E-state index contributed by atoms with van der Waals surface area (Å²) in [5, 5.41) is 7.61. The molecular formula is C22H19N3O4S. The summed E-state index contributed by atoms with van der Waals surface area (Å²) in [6.45, 7) is 0.370. The number of fused-ring (bicyclic) bond motifs is 1. The number of nitrogens with one attached hydrogen (secondary N) is 2. The van der Waals surface area contributed by atoms with E-state index in [0.717, 1.165) is 10.4 Å². The zero-order valence-electron chi connectivity index (χ0n) is 16.0. The summed E-state index contributed by atoms with van der Waals surface area (Å²) < 4.78 is 6.43. The fourth-order valence-electron chi connectivity index (χ4n) is 3.06. The molecule has 0 atom stereocenters.